The maximum absolute atomic E-state index is 13.8. The molecule has 0 aliphatic carbocycles. The summed E-state index contributed by atoms with van der Waals surface area (Å²) < 4.78 is 21.4. The second-order valence-electron chi connectivity index (χ2n) is 8.55. The lowest BCUT2D eigenvalue weighted by Crippen LogP contribution is -2.29. The molecule has 0 bridgehead atoms. The molecule has 2 heterocycles. The van der Waals surface area contributed by atoms with Gasteiger partial charge in [-0.25, -0.2) is 4.79 Å². The highest BCUT2D eigenvalue weighted by Gasteiger charge is 2.43. The first-order chi connectivity index (χ1) is 18.5. The van der Waals surface area contributed by atoms with Gasteiger partial charge in [-0.3, -0.25) is 14.8 Å². The van der Waals surface area contributed by atoms with E-state index in [9.17, 15) is 9.59 Å². The van der Waals surface area contributed by atoms with Crippen LogP contribution in [0.3, 0.4) is 0 Å². The van der Waals surface area contributed by atoms with Crippen LogP contribution in [-0.4, -0.2) is 50.0 Å². The molecule has 1 aromatic heterocycles. The highest BCUT2D eigenvalue weighted by atomic mass is 16.5. The number of ether oxygens (including phenoxy) is 4. The van der Waals surface area contributed by atoms with E-state index in [1.165, 1.54) is 0 Å². The van der Waals surface area contributed by atoms with Crippen molar-refractivity contribution in [2.45, 2.75) is 13.0 Å². The second-order valence-corrected chi connectivity index (χ2v) is 8.55. The average Bonchev–Trinajstić information content (AvgIpc) is 3.51. The van der Waals surface area contributed by atoms with E-state index in [0.717, 1.165) is 22.4 Å². The highest BCUT2D eigenvalue weighted by molar-refractivity contribution is 6.12. The van der Waals surface area contributed by atoms with Crippen molar-refractivity contribution in [3.63, 3.8) is 0 Å². The number of H-pyrrole nitrogens is 1. The Balaban J connectivity index is 1.65. The molecule has 9 nitrogen and oxygen atoms in total. The van der Waals surface area contributed by atoms with Crippen molar-refractivity contribution >= 4 is 17.6 Å². The number of aromatic nitrogens is 2. The Hall–Kier alpha value is -4.79. The smallest absolute Gasteiger partial charge is 0.338 e. The fourth-order valence-corrected chi connectivity index (χ4v) is 4.69. The molecule has 9 heteroatoms. The van der Waals surface area contributed by atoms with E-state index in [1.807, 2.05) is 42.5 Å². The predicted molar refractivity (Wildman–Crippen MR) is 141 cm³/mol. The van der Waals surface area contributed by atoms with Gasteiger partial charge in [-0.05, 0) is 73.2 Å². The normalized spacial score (nSPS) is 14.3. The number of fused-ring (bicyclic) bond motifs is 1. The number of hydrogen-bond acceptors (Lipinski definition) is 7. The molecule has 1 amide bonds. The number of nitrogens with zero attached hydrogens (tertiary/aromatic N) is 2. The lowest BCUT2D eigenvalue weighted by atomic mass is 9.95. The van der Waals surface area contributed by atoms with Gasteiger partial charge in [-0.15, -0.1) is 0 Å². The SMILES string of the molecule is CCOC(=O)c1ccc(N2C(=O)c3[nH]nc(-c4ccc(OC)cc4)c3C2c2ccc(OC)c(OC)c2)cc1. The number of carbonyl (C=O) groups excluding carboxylic acids is 2. The fourth-order valence-electron chi connectivity index (χ4n) is 4.69. The molecule has 194 valence electrons. The van der Waals surface area contributed by atoms with Gasteiger partial charge in [0.05, 0.1) is 45.2 Å². The first kappa shape index (κ1) is 24.9. The van der Waals surface area contributed by atoms with Crippen LogP contribution in [0.15, 0.2) is 66.7 Å². The van der Waals surface area contributed by atoms with Crippen molar-refractivity contribution < 1.29 is 28.5 Å². The first-order valence-electron chi connectivity index (χ1n) is 12.1. The van der Waals surface area contributed by atoms with Crippen molar-refractivity contribution in [1.82, 2.24) is 10.2 Å². The van der Waals surface area contributed by atoms with E-state index in [-0.39, 0.29) is 12.5 Å². The van der Waals surface area contributed by atoms with Crippen LogP contribution in [-0.2, 0) is 4.74 Å². The molecular weight excluding hydrogens is 486 g/mol. The Morgan fingerprint density at radius 2 is 1.63 bits per heavy atom. The zero-order chi connectivity index (χ0) is 26.8. The number of rotatable bonds is 8. The molecule has 0 radical (unpaired) electrons. The Bertz CT molecular complexity index is 1480. The summed E-state index contributed by atoms with van der Waals surface area (Å²) in [6, 6.07) is 19.3. The van der Waals surface area contributed by atoms with Crippen LogP contribution in [0, 0.1) is 0 Å². The van der Waals surface area contributed by atoms with Crippen LogP contribution in [0.5, 0.6) is 17.2 Å². The largest absolute Gasteiger partial charge is 0.497 e. The lowest BCUT2D eigenvalue weighted by Gasteiger charge is -2.27. The van der Waals surface area contributed by atoms with E-state index >= 15 is 0 Å². The summed E-state index contributed by atoms with van der Waals surface area (Å²) in [5.74, 6) is 1.18. The summed E-state index contributed by atoms with van der Waals surface area (Å²) in [7, 11) is 4.75. The molecule has 5 rings (SSSR count). The Labute approximate surface area is 219 Å². The van der Waals surface area contributed by atoms with Gasteiger partial charge in [0.15, 0.2) is 11.5 Å². The van der Waals surface area contributed by atoms with Crippen molar-refractivity contribution in [2.24, 2.45) is 0 Å². The van der Waals surface area contributed by atoms with Crippen molar-refractivity contribution in [3.05, 3.63) is 89.1 Å². The zero-order valence-corrected chi connectivity index (χ0v) is 21.5. The minimum Gasteiger partial charge on any atom is -0.497 e. The van der Waals surface area contributed by atoms with Gasteiger partial charge >= 0.3 is 5.97 Å². The Morgan fingerprint density at radius 1 is 0.921 bits per heavy atom. The molecule has 0 saturated carbocycles. The summed E-state index contributed by atoms with van der Waals surface area (Å²) in [6.07, 6.45) is 0. The lowest BCUT2D eigenvalue weighted by molar-refractivity contribution is 0.0526. The molecule has 0 saturated heterocycles. The van der Waals surface area contributed by atoms with Crippen LogP contribution in [0.25, 0.3) is 11.3 Å². The quantitative estimate of drug-likeness (QED) is 0.330. The third kappa shape index (κ3) is 4.21. The summed E-state index contributed by atoms with van der Waals surface area (Å²) in [4.78, 5) is 27.7. The van der Waals surface area contributed by atoms with Crippen LogP contribution < -0.4 is 19.1 Å². The third-order valence-electron chi connectivity index (χ3n) is 6.51. The van der Waals surface area contributed by atoms with Crippen molar-refractivity contribution in [2.75, 3.05) is 32.8 Å². The van der Waals surface area contributed by atoms with Crippen LogP contribution in [0.2, 0.25) is 0 Å². The van der Waals surface area contributed by atoms with Crippen LogP contribution >= 0.6 is 0 Å². The Morgan fingerprint density at radius 3 is 2.26 bits per heavy atom. The van der Waals surface area contributed by atoms with Crippen molar-refractivity contribution in [1.29, 1.82) is 0 Å². The fraction of sp³-hybridized carbons (Fsp3) is 0.207. The van der Waals surface area contributed by atoms with Gasteiger partial charge in [0, 0.05) is 16.8 Å². The van der Waals surface area contributed by atoms with Crippen LogP contribution in [0.1, 0.15) is 44.9 Å². The molecule has 0 fully saturated rings. The topological polar surface area (TPSA) is 103 Å². The summed E-state index contributed by atoms with van der Waals surface area (Å²) in [5.41, 5.74) is 4.45. The third-order valence-corrected chi connectivity index (χ3v) is 6.51. The molecule has 0 spiro atoms. The molecule has 1 unspecified atom stereocenters. The molecule has 1 aliphatic rings. The van der Waals surface area contributed by atoms with Gasteiger partial charge in [0.25, 0.3) is 5.91 Å². The van der Waals surface area contributed by atoms with E-state index in [2.05, 4.69) is 10.2 Å². The summed E-state index contributed by atoms with van der Waals surface area (Å²) in [5, 5.41) is 7.48. The molecule has 3 aromatic carbocycles. The molecule has 38 heavy (non-hydrogen) atoms. The molecular formula is C29H27N3O6. The minimum atomic E-state index is -0.526. The number of benzene rings is 3. The summed E-state index contributed by atoms with van der Waals surface area (Å²) in [6.45, 7) is 2.04. The van der Waals surface area contributed by atoms with E-state index in [4.69, 9.17) is 18.9 Å². The van der Waals surface area contributed by atoms with Gasteiger partial charge < -0.3 is 18.9 Å². The van der Waals surface area contributed by atoms with Crippen LogP contribution in [0.4, 0.5) is 5.69 Å². The number of aromatic amines is 1. The van der Waals surface area contributed by atoms with Crippen molar-refractivity contribution in [3.8, 4) is 28.5 Å². The molecule has 1 aliphatic heterocycles. The minimum absolute atomic E-state index is 0.240. The number of carbonyl (C=O) groups is 2. The van der Waals surface area contributed by atoms with E-state index in [1.54, 1.807) is 57.4 Å². The molecule has 1 atom stereocenters. The highest BCUT2D eigenvalue weighted by Crippen LogP contribution is 2.46. The zero-order valence-electron chi connectivity index (χ0n) is 21.5. The second kappa shape index (κ2) is 10.3. The van der Waals surface area contributed by atoms with Gasteiger partial charge in [0.1, 0.15) is 11.4 Å². The Kier molecular flexibility index (Phi) is 6.74. The van der Waals surface area contributed by atoms with Gasteiger partial charge in [-0.1, -0.05) is 6.07 Å². The number of hydrogen-bond donors (Lipinski definition) is 1. The predicted octanol–water partition coefficient (Wildman–Crippen LogP) is 5.03. The molecule has 1 N–H and O–H groups in total. The number of anilines is 1. The number of amides is 1. The van der Waals surface area contributed by atoms with Gasteiger partial charge in [0.2, 0.25) is 0 Å². The average molecular weight is 514 g/mol. The summed E-state index contributed by atoms with van der Waals surface area (Å²) >= 11 is 0. The van der Waals surface area contributed by atoms with E-state index in [0.29, 0.717) is 34.1 Å². The number of methoxy groups -OCH3 is 3. The van der Waals surface area contributed by atoms with E-state index < -0.39 is 12.0 Å². The number of esters is 1. The maximum atomic E-state index is 13.8. The number of nitrogens with one attached hydrogen (secondary N) is 1. The monoisotopic (exact) mass is 513 g/mol. The standard InChI is InChI=1S/C29H27N3O6/c1-5-38-29(34)18-6-11-20(12-7-18)32-27(19-10-15-22(36-3)23(16-19)37-4)24-25(30-31-26(24)28(32)33)17-8-13-21(35-2)14-9-17/h6-16,27H,5H2,1-4H3,(H,30,31). The molecule has 4 aromatic rings. The first-order valence-corrected chi connectivity index (χ1v) is 12.1. The maximum Gasteiger partial charge on any atom is 0.338 e. The van der Waals surface area contributed by atoms with Gasteiger partial charge in [-0.2, -0.15) is 5.10 Å².